The predicted octanol–water partition coefficient (Wildman–Crippen LogP) is 2.90. The number of aromatic nitrogens is 2. The molecule has 0 aromatic carbocycles. The molecule has 18 heavy (non-hydrogen) atoms. The first kappa shape index (κ1) is 13.2. The molecule has 2 aromatic heterocycles. The van der Waals surface area contributed by atoms with Crippen molar-refractivity contribution in [3.8, 4) is 10.6 Å². The normalized spacial score (nSPS) is 11.0. The van der Waals surface area contributed by atoms with Gasteiger partial charge in [-0.2, -0.15) is 0 Å². The Labute approximate surface area is 111 Å². The topological polar surface area (TPSA) is 51.0 Å². The maximum Gasteiger partial charge on any atom is 0.151 e. The summed E-state index contributed by atoms with van der Waals surface area (Å²) in [6.45, 7) is 6.28. The van der Waals surface area contributed by atoms with Gasteiger partial charge in [0.15, 0.2) is 5.01 Å². The maximum atomic E-state index is 5.42. The zero-order valence-electron chi connectivity index (χ0n) is 10.9. The van der Waals surface area contributed by atoms with Crippen LogP contribution in [0.25, 0.3) is 10.6 Å². The van der Waals surface area contributed by atoms with Gasteiger partial charge in [0.25, 0.3) is 0 Å². The van der Waals surface area contributed by atoms with Crippen LogP contribution in [0, 0.1) is 0 Å². The molecule has 2 rings (SSSR count). The molecule has 98 valence electrons. The van der Waals surface area contributed by atoms with Gasteiger partial charge in [0.1, 0.15) is 10.8 Å². The van der Waals surface area contributed by atoms with E-state index in [0.29, 0.717) is 0 Å². The van der Waals surface area contributed by atoms with E-state index in [0.717, 1.165) is 53.7 Å². The lowest BCUT2D eigenvalue weighted by Gasteiger charge is -1.98. The van der Waals surface area contributed by atoms with Crippen LogP contribution < -0.4 is 5.32 Å². The molecule has 0 fully saturated rings. The number of furan rings is 1. The van der Waals surface area contributed by atoms with Gasteiger partial charge in [-0.15, -0.1) is 10.2 Å². The van der Waals surface area contributed by atoms with Crippen LogP contribution in [0.15, 0.2) is 16.7 Å². The number of nitrogens with zero attached hydrogens (tertiary/aromatic N) is 2. The number of hydrogen-bond donors (Lipinski definition) is 1. The summed E-state index contributed by atoms with van der Waals surface area (Å²) in [6.07, 6.45) is 4.71. The molecule has 2 aromatic rings. The number of hydrogen-bond acceptors (Lipinski definition) is 5. The molecular formula is C13H19N3OS. The fraction of sp³-hybridized carbons (Fsp3) is 0.538. The molecule has 0 atom stereocenters. The lowest BCUT2D eigenvalue weighted by Crippen LogP contribution is -2.17. The fourth-order valence-electron chi connectivity index (χ4n) is 1.77. The van der Waals surface area contributed by atoms with Gasteiger partial charge in [0.2, 0.25) is 0 Å². The van der Waals surface area contributed by atoms with Crippen LogP contribution in [-0.4, -0.2) is 23.3 Å². The third-order valence-corrected chi connectivity index (χ3v) is 3.72. The average Bonchev–Trinajstić information content (AvgIpc) is 3.02. The van der Waals surface area contributed by atoms with Crippen LogP contribution in [0.3, 0.4) is 0 Å². The van der Waals surface area contributed by atoms with E-state index in [1.807, 2.05) is 6.07 Å². The summed E-state index contributed by atoms with van der Waals surface area (Å²) in [6, 6.07) is 1.97. The van der Waals surface area contributed by atoms with E-state index in [1.165, 1.54) is 0 Å². The third kappa shape index (κ3) is 3.17. The minimum atomic E-state index is 0.884. The fourth-order valence-corrected chi connectivity index (χ4v) is 2.65. The Bertz CT molecular complexity index is 478. The Morgan fingerprint density at radius 1 is 1.28 bits per heavy atom. The standard InChI is InChI=1S/C13H19N3OS/c1-3-7-14-8-5-12-15-16-13(18-12)10-6-9-17-11(10)4-2/h6,9,14H,3-5,7-8H2,1-2H3. The molecule has 0 spiro atoms. The van der Waals surface area contributed by atoms with Crippen LogP contribution in [0.1, 0.15) is 31.0 Å². The monoisotopic (exact) mass is 265 g/mol. The van der Waals surface area contributed by atoms with Crippen molar-refractivity contribution in [2.24, 2.45) is 0 Å². The van der Waals surface area contributed by atoms with E-state index in [-0.39, 0.29) is 0 Å². The minimum absolute atomic E-state index is 0.884. The van der Waals surface area contributed by atoms with Crippen molar-refractivity contribution in [2.75, 3.05) is 13.1 Å². The smallest absolute Gasteiger partial charge is 0.151 e. The molecule has 0 aliphatic rings. The molecular weight excluding hydrogens is 246 g/mol. The number of rotatable bonds is 7. The lowest BCUT2D eigenvalue weighted by atomic mass is 10.2. The molecule has 0 aliphatic carbocycles. The van der Waals surface area contributed by atoms with Gasteiger partial charge < -0.3 is 9.73 Å². The summed E-state index contributed by atoms with van der Waals surface area (Å²) in [5, 5.41) is 13.9. The molecule has 5 heteroatoms. The zero-order valence-corrected chi connectivity index (χ0v) is 11.7. The van der Waals surface area contributed by atoms with Crippen LogP contribution in [0.4, 0.5) is 0 Å². The van der Waals surface area contributed by atoms with Gasteiger partial charge >= 0.3 is 0 Å². The second-order valence-electron chi connectivity index (χ2n) is 4.11. The molecule has 2 heterocycles. The average molecular weight is 265 g/mol. The van der Waals surface area contributed by atoms with E-state index in [9.17, 15) is 0 Å². The molecule has 0 unspecified atom stereocenters. The van der Waals surface area contributed by atoms with E-state index >= 15 is 0 Å². The Balaban J connectivity index is 1.97. The van der Waals surface area contributed by atoms with Gasteiger partial charge in [0.05, 0.1) is 11.8 Å². The molecule has 0 bridgehead atoms. The first-order valence-corrected chi connectivity index (χ1v) is 7.26. The third-order valence-electron chi connectivity index (χ3n) is 2.71. The molecule has 0 amide bonds. The Hall–Kier alpha value is -1.20. The molecule has 0 saturated carbocycles. The molecule has 1 N–H and O–H groups in total. The summed E-state index contributed by atoms with van der Waals surface area (Å²) in [5.74, 6) is 0.988. The van der Waals surface area contributed by atoms with Crippen LogP contribution in [-0.2, 0) is 12.8 Å². The molecule has 4 nitrogen and oxygen atoms in total. The highest BCUT2D eigenvalue weighted by Gasteiger charge is 2.12. The van der Waals surface area contributed by atoms with Crippen molar-refractivity contribution in [3.05, 3.63) is 23.1 Å². The molecule has 0 radical (unpaired) electrons. The predicted molar refractivity (Wildman–Crippen MR) is 73.9 cm³/mol. The van der Waals surface area contributed by atoms with E-state index in [1.54, 1.807) is 17.6 Å². The lowest BCUT2D eigenvalue weighted by molar-refractivity contribution is 0.517. The van der Waals surface area contributed by atoms with Gasteiger partial charge in [-0.3, -0.25) is 0 Å². The largest absolute Gasteiger partial charge is 0.469 e. The zero-order chi connectivity index (χ0) is 12.8. The number of nitrogens with one attached hydrogen (secondary N) is 1. The Kier molecular flexibility index (Phi) is 4.90. The highest BCUT2D eigenvalue weighted by Crippen LogP contribution is 2.28. The van der Waals surface area contributed by atoms with E-state index in [4.69, 9.17) is 4.42 Å². The van der Waals surface area contributed by atoms with Crippen LogP contribution >= 0.6 is 11.3 Å². The Morgan fingerprint density at radius 2 is 2.17 bits per heavy atom. The van der Waals surface area contributed by atoms with Crippen molar-refractivity contribution >= 4 is 11.3 Å². The van der Waals surface area contributed by atoms with Gasteiger partial charge in [0, 0.05) is 19.4 Å². The quantitative estimate of drug-likeness (QED) is 0.782. The summed E-state index contributed by atoms with van der Waals surface area (Å²) < 4.78 is 5.42. The molecule has 0 aliphatic heterocycles. The highest BCUT2D eigenvalue weighted by molar-refractivity contribution is 7.14. The van der Waals surface area contributed by atoms with Crippen molar-refractivity contribution < 1.29 is 4.42 Å². The first-order valence-electron chi connectivity index (χ1n) is 6.45. The van der Waals surface area contributed by atoms with Crippen molar-refractivity contribution in [1.82, 2.24) is 15.5 Å². The second kappa shape index (κ2) is 6.66. The first-order chi connectivity index (χ1) is 8.85. The SMILES string of the molecule is CCCNCCc1nnc(-c2ccoc2CC)s1. The summed E-state index contributed by atoms with van der Waals surface area (Å²) in [7, 11) is 0. The van der Waals surface area contributed by atoms with Crippen molar-refractivity contribution in [2.45, 2.75) is 33.1 Å². The van der Waals surface area contributed by atoms with Gasteiger partial charge in [-0.1, -0.05) is 25.2 Å². The van der Waals surface area contributed by atoms with Crippen LogP contribution in [0.5, 0.6) is 0 Å². The van der Waals surface area contributed by atoms with E-state index < -0.39 is 0 Å². The minimum Gasteiger partial charge on any atom is -0.469 e. The summed E-state index contributed by atoms with van der Waals surface area (Å²) >= 11 is 1.66. The van der Waals surface area contributed by atoms with Crippen molar-refractivity contribution in [1.29, 1.82) is 0 Å². The summed E-state index contributed by atoms with van der Waals surface area (Å²) in [4.78, 5) is 0. The second-order valence-corrected chi connectivity index (χ2v) is 5.17. The van der Waals surface area contributed by atoms with Crippen LogP contribution in [0.2, 0.25) is 0 Å². The Morgan fingerprint density at radius 3 is 2.94 bits per heavy atom. The maximum absolute atomic E-state index is 5.42. The molecule has 0 saturated heterocycles. The van der Waals surface area contributed by atoms with Crippen molar-refractivity contribution in [3.63, 3.8) is 0 Å². The summed E-state index contributed by atoms with van der Waals surface area (Å²) in [5.41, 5.74) is 1.09. The van der Waals surface area contributed by atoms with Gasteiger partial charge in [-0.05, 0) is 19.0 Å². The highest BCUT2D eigenvalue weighted by atomic mass is 32.1. The van der Waals surface area contributed by atoms with E-state index in [2.05, 4.69) is 29.4 Å². The number of aryl methyl sites for hydroxylation is 1. The van der Waals surface area contributed by atoms with Gasteiger partial charge in [-0.25, -0.2) is 0 Å².